The lowest BCUT2D eigenvalue weighted by Gasteiger charge is -2.23. The molecule has 116 valence electrons. The lowest BCUT2D eigenvalue weighted by molar-refractivity contribution is -0.133. The number of aryl methyl sites for hydroxylation is 2. The molecule has 1 atom stereocenters. The van der Waals surface area contributed by atoms with Crippen LogP contribution in [0.25, 0.3) is 0 Å². The van der Waals surface area contributed by atoms with Crippen molar-refractivity contribution < 1.29 is 17.9 Å². The molecule has 5 nitrogen and oxygen atoms in total. The van der Waals surface area contributed by atoms with Crippen molar-refractivity contribution in [2.45, 2.75) is 26.3 Å². The Hall–Kier alpha value is -1.56. The minimum Gasteiger partial charge on any atom is -0.484 e. The molecule has 0 aromatic heterocycles. The smallest absolute Gasteiger partial charge is 0.260 e. The molecule has 0 bridgehead atoms. The Labute approximate surface area is 125 Å². The molecule has 1 saturated heterocycles. The van der Waals surface area contributed by atoms with Crippen molar-refractivity contribution >= 4 is 15.7 Å². The normalized spacial score (nSPS) is 20.2. The Morgan fingerprint density at radius 1 is 1.38 bits per heavy atom. The molecule has 0 N–H and O–H groups in total. The molecule has 1 aliphatic heterocycles. The van der Waals surface area contributed by atoms with Gasteiger partial charge in [0.05, 0.1) is 11.5 Å². The van der Waals surface area contributed by atoms with Gasteiger partial charge in [0, 0.05) is 13.1 Å². The molecular formula is C15H21NO4S. The predicted octanol–water partition coefficient (Wildman–Crippen LogP) is 1.33. The zero-order valence-corrected chi connectivity index (χ0v) is 13.4. The van der Waals surface area contributed by atoms with Gasteiger partial charge in [0.25, 0.3) is 5.91 Å². The fraction of sp³-hybridized carbons (Fsp3) is 0.533. The van der Waals surface area contributed by atoms with Gasteiger partial charge in [-0.05, 0) is 31.9 Å². The van der Waals surface area contributed by atoms with Crippen molar-refractivity contribution in [3.05, 3.63) is 29.3 Å². The Kier molecular flexibility index (Phi) is 4.56. The van der Waals surface area contributed by atoms with Crippen LogP contribution in [0.5, 0.6) is 5.75 Å². The molecule has 1 aliphatic rings. The summed E-state index contributed by atoms with van der Waals surface area (Å²) in [5.41, 5.74) is 2.12. The second-order valence-electron chi connectivity index (χ2n) is 5.62. The molecule has 0 saturated carbocycles. The van der Waals surface area contributed by atoms with Gasteiger partial charge in [-0.3, -0.25) is 4.79 Å². The van der Waals surface area contributed by atoms with Gasteiger partial charge in [-0.25, -0.2) is 8.42 Å². The average molecular weight is 311 g/mol. The highest BCUT2D eigenvalue weighted by atomic mass is 32.2. The number of carbonyl (C=O) groups excluding carboxylic acids is 1. The first-order chi connectivity index (χ1) is 9.78. The second kappa shape index (κ2) is 6.05. The Bertz CT molecular complexity index is 639. The van der Waals surface area contributed by atoms with Gasteiger partial charge >= 0.3 is 0 Å². The average Bonchev–Trinajstić information content (AvgIpc) is 2.77. The molecule has 1 unspecified atom stereocenters. The van der Waals surface area contributed by atoms with Crippen molar-refractivity contribution in [2.24, 2.45) is 0 Å². The van der Waals surface area contributed by atoms with Crippen LogP contribution in [-0.2, 0) is 14.6 Å². The molecule has 1 heterocycles. The molecular weight excluding hydrogens is 290 g/mol. The van der Waals surface area contributed by atoms with Gasteiger partial charge in [0.15, 0.2) is 16.4 Å². The fourth-order valence-corrected chi connectivity index (χ4v) is 4.26. The Morgan fingerprint density at radius 3 is 2.67 bits per heavy atom. The quantitative estimate of drug-likeness (QED) is 0.841. The molecule has 6 heteroatoms. The van der Waals surface area contributed by atoms with Crippen molar-refractivity contribution in [1.82, 2.24) is 4.90 Å². The molecule has 0 radical (unpaired) electrons. The van der Waals surface area contributed by atoms with Gasteiger partial charge in [0.2, 0.25) is 0 Å². The summed E-state index contributed by atoms with van der Waals surface area (Å²) in [5, 5.41) is 0. The summed E-state index contributed by atoms with van der Waals surface area (Å²) in [7, 11) is -1.35. The number of carbonyl (C=O) groups is 1. The number of benzene rings is 1. The van der Waals surface area contributed by atoms with Crippen LogP contribution in [0.1, 0.15) is 17.5 Å². The summed E-state index contributed by atoms with van der Waals surface area (Å²) < 4.78 is 28.5. The van der Waals surface area contributed by atoms with E-state index >= 15 is 0 Å². The van der Waals surface area contributed by atoms with Gasteiger partial charge < -0.3 is 9.64 Å². The van der Waals surface area contributed by atoms with Gasteiger partial charge in [-0.1, -0.05) is 17.7 Å². The summed E-state index contributed by atoms with van der Waals surface area (Å²) in [6, 6.07) is 5.54. The fourth-order valence-electron chi connectivity index (χ4n) is 2.49. The first kappa shape index (κ1) is 15.8. The Balaban J connectivity index is 1.92. The molecule has 1 amide bonds. The van der Waals surface area contributed by atoms with Crippen LogP contribution in [0.3, 0.4) is 0 Å². The zero-order chi connectivity index (χ0) is 15.6. The summed E-state index contributed by atoms with van der Waals surface area (Å²) in [5.74, 6) is 0.699. The monoisotopic (exact) mass is 311 g/mol. The van der Waals surface area contributed by atoms with E-state index < -0.39 is 9.84 Å². The minimum absolute atomic E-state index is 0.0544. The third-order valence-electron chi connectivity index (χ3n) is 3.83. The molecule has 1 fully saturated rings. The Morgan fingerprint density at radius 2 is 2.10 bits per heavy atom. The SMILES string of the molecule is Cc1ccc(OCC(=O)N(C)C2CCS(=O)(=O)C2)c(C)c1. The van der Waals surface area contributed by atoms with Gasteiger partial charge in [-0.15, -0.1) is 0 Å². The van der Waals surface area contributed by atoms with Crippen LogP contribution >= 0.6 is 0 Å². The van der Waals surface area contributed by atoms with E-state index in [1.165, 1.54) is 4.90 Å². The van der Waals surface area contributed by atoms with E-state index in [0.29, 0.717) is 12.2 Å². The van der Waals surface area contributed by atoms with E-state index in [1.807, 2.05) is 32.0 Å². The van der Waals surface area contributed by atoms with Crippen molar-refractivity contribution in [2.75, 3.05) is 25.2 Å². The summed E-state index contributed by atoms with van der Waals surface area (Å²) in [4.78, 5) is 13.6. The maximum Gasteiger partial charge on any atom is 0.260 e. The van der Waals surface area contributed by atoms with E-state index in [2.05, 4.69) is 0 Å². The van der Waals surface area contributed by atoms with E-state index in [0.717, 1.165) is 11.1 Å². The van der Waals surface area contributed by atoms with Crippen LogP contribution < -0.4 is 4.74 Å². The highest BCUT2D eigenvalue weighted by Gasteiger charge is 2.32. The van der Waals surface area contributed by atoms with Crippen molar-refractivity contribution in [3.8, 4) is 5.75 Å². The molecule has 1 aromatic rings. The van der Waals surface area contributed by atoms with E-state index in [9.17, 15) is 13.2 Å². The third kappa shape index (κ3) is 3.97. The summed E-state index contributed by atoms with van der Waals surface area (Å²) in [6.45, 7) is 3.85. The number of likely N-dealkylation sites (N-methyl/N-ethyl adjacent to an activating group) is 1. The minimum atomic E-state index is -2.99. The topological polar surface area (TPSA) is 63.7 Å². The maximum atomic E-state index is 12.1. The standard InChI is InChI=1S/C15H21NO4S/c1-11-4-5-14(12(2)8-11)20-9-15(17)16(3)13-6-7-21(18,19)10-13/h4-5,8,13H,6-7,9-10H2,1-3H3. The van der Waals surface area contributed by atoms with E-state index in [4.69, 9.17) is 4.74 Å². The van der Waals surface area contributed by atoms with E-state index in [1.54, 1.807) is 7.05 Å². The first-order valence-corrected chi connectivity index (χ1v) is 8.77. The third-order valence-corrected chi connectivity index (χ3v) is 5.58. The number of hydrogen-bond donors (Lipinski definition) is 0. The van der Waals surface area contributed by atoms with Crippen molar-refractivity contribution in [1.29, 1.82) is 0 Å². The highest BCUT2D eigenvalue weighted by Crippen LogP contribution is 2.20. The lowest BCUT2D eigenvalue weighted by Crippen LogP contribution is -2.40. The molecule has 2 rings (SSSR count). The van der Waals surface area contributed by atoms with Crippen molar-refractivity contribution in [3.63, 3.8) is 0 Å². The van der Waals surface area contributed by atoms with Crippen LogP contribution in [0.15, 0.2) is 18.2 Å². The van der Waals surface area contributed by atoms with Gasteiger partial charge in [0.1, 0.15) is 5.75 Å². The number of amides is 1. The number of hydrogen-bond acceptors (Lipinski definition) is 4. The van der Waals surface area contributed by atoms with E-state index in [-0.39, 0.29) is 30.1 Å². The summed E-state index contributed by atoms with van der Waals surface area (Å²) >= 11 is 0. The summed E-state index contributed by atoms with van der Waals surface area (Å²) in [6.07, 6.45) is 0.508. The number of rotatable bonds is 4. The molecule has 0 spiro atoms. The predicted molar refractivity (Wildman–Crippen MR) is 81.2 cm³/mol. The molecule has 21 heavy (non-hydrogen) atoms. The lowest BCUT2D eigenvalue weighted by atomic mass is 10.1. The number of ether oxygens (including phenoxy) is 1. The maximum absolute atomic E-state index is 12.1. The van der Waals surface area contributed by atoms with Crippen LogP contribution in [0, 0.1) is 13.8 Å². The first-order valence-electron chi connectivity index (χ1n) is 6.94. The number of sulfone groups is 1. The highest BCUT2D eigenvalue weighted by molar-refractivity contribution is 7.91. The number of nitrogens with zero attached hydrogens (tertiary/aromatic N) is 1. The van der Waals surface area contributed by atoms with Crippen LogP contribution in [0.2, 0.25) is 0 Å². The van der Waals surface area contributed by atoms with Crippen LogP contribution in [0.4, 0.5) is 0 Å². The molecule has 0 aliphatic carbocycles. The van der Waals surface area contributed by atoms with Crippen LogP contribution in [-0.4, -0.2) is 50.4 Å². The van der Waals surface area contributed by atoms with Gasteiger partial charge in [-0.2, -0.15) is 0 Å². The largest absolute Gasteiger partial charge is 0.484 e. The second-order valence-corrected chi connectivity index (χ2v) is 7.85. The zero-order valence-electron chi connectivity index (χ0n) is 12.6. The molecule has 1 aromatic carbocycles.